The summed E-state index contributed by atoms with van der Waals surface area (Å²) in [7, 11) is 0. The van der Waals surface area contributed by atoms with Crippen molar-refractivity contribution in [2.75, 3.05) is 19.6 Å². The van der Waals surface area contributed by atoms with Crippen LogP contribution in [0.5, 0.6) is 0 Å². The molecule has 1 aromatic rings. The standard InChI is InChI=1S/C14H22N2O2/c1-11-6-12(2)10-16(9-11)14(17)8-15-7-13-4-3-5-18-13/h3-5,11-12,15H,6-10H2,1-2H3/p+1/t11-,12-/m0/s1. The molecule has 1 amide bonds. The van der Waals surface area contributed by atoms with Gasteiger partial charge in [-0.25, -0.2) is 0 Å². The van der Waals surface area contributed by atoms with E-state index in [4.69, 9.17) is 4.42 Å². The van der Waals surface area contributed by atoms with Gasteiger partial charge in [0.25, 0.3) is 5.91 Å². The van der Waals surface area contributed by atoms with E-state index in [2.05, 4.69) is 13.8 Å². The molecular formula is C14H23N2O2+. The van der Waals surface area contributed by atoms with Gasteiger partial charge >= 0.3 is 0 Å². The van der Waals surface area contributed by atoms with E-state index < -0.39 is 0 Å². The summed E-state index contributed by atoms with van der Waals surface area (Å²) in [5.41, 5.74) is 0. The van der Waals surface area contributed by atoms with Gasteiger partial charge in [0.05, 0.1) is 6.26 Å². The largest absolute Gasteiger partial charge is 0.463 e. The number of hydrogen-bond acceptors (Lipinski definition) is 2. The molecule has 100 valence electrons. The molecule has 2 heterocycles. The monoisotopic (exact) mass is 251 g/mol. The fourth-order valence-electron chi connectivity index (χ4n) is 2.76. The molecule has 4 heteroatoms. The Bertz CT molecular complexity index is 365. The predicted octanol–water partition coefficient (Wildman–Crippen LogP) is 0.848. The third-order valence-corrected chi connectivity index (χ3v) is 3.47. The summed E-state index contributed by atoms with van der Waals surface area (Å²) in [4.78, 5) is 14.1. The van der Waals surface area contributed by atoms with Crippen LogP contribution in [-0.4, -0.2) is 30.4 Å². The van der Waals surface area contributed by atoms with Crippen LogP contribution in [0.4, 0.5) is 0 Å². The van der Waals surface area contributed by atoms with E-state index >= 15 is 0 Å². The zero-order valence-corrected chi connectivity index (χ0v) is 11.3. The highest BCUT2D eigenvalue weighted by atomic mass is 16.3. The average molecular weight is 251 g/mol. The van der Waals surface area contributed by atoms with E-state index in [1.807, 2.05) is 22.3 Å². The number of likely N-dealkylation sites (tertiary alicyclic amines) is 1. The SMILES string of the molecule is C[C@H]1C[C@H](C)CN(C(=O)C[NH2+]Cc2ccco2)C1. The second-order valence-corrected chi connectivity index (χ2v) is 5.52. The molecule has 1 aromatic heterocycles. The molecule has 1 fully saturated rings. The predicted molar refractivity (Wildman–Crippen MR) is 68.7 cm³/mol. The van der Waals surface area contributed by atoms with Gasteiger partial charge in [-0.15, -0.1) is 0 Å². The van der Waals surface area contributed by atoms with Crippen molar-refractivity contribution < 1.29 is 14.5 Å². The topological polar surface area (TPSA) is 50.1 Å². The Balaban J connectivity index is 1.74. The molecule has 0 aliphatic carbocycles. The number of nitrogens with two attached hydrogens (primary N) is 1. The van der Waals surface area contributed by atoms with Crippen LogP contribution in [0.15, 0.2) is 22.8 Å². The van der Waals surface area contributed by atoms with Crippen LogP contribution in [0.2, 0.25) is 0 Å². The lowest BCUT2D eigenvalue weighted by molar-refractivity contribution is -0.662. The van der Waals surface area contributed by atoms with E-state index in [1.54, 1.807) is 6.26 Å². The number of quaternary nitrogens is 1. The van der Waals surface area contributed by atoms with E-state index in [9.17, 15) is 4.79 Å². The molecule has 1 aliphatic rings. The summed E-state index contributed by atoms with van der Waals surface area (Å²) >= 11 is 0. The smallest absolute Gasteiger partial charge is 0.277 e. The van der Waals surface area contributed by atoms with Gasteiger partial charge in [-0.1, -0.05) is 13.8 Å². The van der Waals surface area contributed by atoms with E-state index in [0.717, 1.165) is 25.4 Å². The first-order valence-corrected chi connectivity index (χ1v) is 6.77. The van der Waals surface area contributed by atoms with Crippen molar-refractivity contribution in [1.29, 1.82) is 0 Å². The number of piperidine rings is 1. The maximum atomic E-state index is 12.1. The number of amides is 1. The second-order valence-electron chi connectivity index (χ2n) is 5.52. The van der Waals surface area contributed by atoms with Gasteiger partial charge < -0.3 is 14.6 Å². The fraction of sp³-hybridized carbons (Fsp3) is 0.643. The van der Waals surface area contributed by atoms with Crippen LogP contribution in [-0.2, 0) is 11.3 Å². The van der Waals surface area contributed by atoms with Crippen molar-refractivity contribution in [2.24, 2.45) is 11.8 Å². The Morgan fingerprint density at radius 3 is 2.78 bits per heavy atom. The minimum Gasteiger partial charge on any atom is -0.463 e. The van der Waals surface area contributed by atoms with Crippen molar-refractivity contribution in [1.82, 2.24) is 4.90 Å². The first-order chi connectivity index (χ1) is 8.65. The third-order valence-electron chi connectivity index (χ3n) is 3.47. The van der Waals surface area contributed by atoms with Crippen molar-refractivity contribution >= 4 is 5.91 Å². The summed E-state index contributed by atoms with van der Waals surface area (Å²) in [5.74, 6) is 2.42. The molecule has 0 spiro atoms. The minimum atomic E-state index is 0.250. The molecule has 2 N–H and O–H groups in total. The number of hydrogen-bond donors (Lipinski definition) is 1. The first-order valence-electron chi connectivity index (χ1n) is 6.77. The van der Waals surface area contributed by atoms with Crippen molar-refractivity contribution in [3.05, 3.63) is 24.2 Å². The van der Waals surface area contributed by atoms with Crippen molar-refractivity contribution in [3.8, 4) is 0 Å². The van der Waals surface area contributed by atoms with Gasteiger partial charge in [-0.05, 0) is 30.4 Å². The molecule has 0 unspecified atom stereocenters. The number of carbonyl (C=O) groups is 1. The lowest BCUT2D eigenvalue weighted by atomic mass is 9.92. The number of furan rings is 1. The Kier molecular flexibility index (Phi) is 4.42. The highest BCUT2D eigenvalue weighted by Crippen LogP contribution is 2.20. The molecule has 2 rings (SSSR count). The Morgan fingerprint density at radius 2 is 2.17 bits per heavy atom. The molecule has 1 saturated heterocycles. The molecule has 4 nitrogen and oxygen atoms in total. The van der Waals surface area contributed by atoms with E-state index in [0.29, 0.717) is 18.4 Å². The molecular weight excluding hydrogens is 228 g/mol. The first kappa shape index (κ1) is 13.1. The summed E-state index contributed by atoms with van der Waals surface area (Å²) in [6.07, 6.45) is 2.90. The molecule has 0 aromatic carbocycles. The minimum absolute atomic E-state index is 0.250. The summed E-state index contributed by atoms with van der Waals surface area (Å²) in [6.45, 7) is 7.53. The van der Waals surface area contributed by atoms with Crippen LogP contribution < -0.4 is 5.32 Å². The maximum Gasteiger partial charge on any atom is 0.277 e. The molecule has 1 aliphatic heterocycles. The Labute approximate surface area is 108 Å². The zero-order chi connectivity index (χ0) is 13.0. The molecule has 18 heavy (non-hydrogen) atoms. The highest BCUT2D eigenvalue weighted by Gasteiger charge is 2.25. The van der Waals surface area contributed by atoms with Gasteiger partial charge in [-0.2, -0.15) is 0 Å². The summed E-state index contributed by atoms with van der Waals surface area (Å²) in [5, 5.41) is 2.01. The Morgan fingerprint density at radius 1 is 1.44 bits per heavy atom. The van der Waals surface area contributed by atoms with Crippen molar-refractivity contribution in [3.63, 3.8) is 0 Å². The lowest BCUT2D eigenvalue weighted by Crippen LogP contribution is -2.85. The summed E-state index contributed by atoms with van der Waals surface area (Å²) < 4.78 is 5.24. The lowest BCUT2D eigenvalue weighted by Gasteiger charge is -2.34. The van der Waals surface area contributed by atoms with Crippen LogP contribution in [0.25, 0.3) is 0 Å². The third kappa shape index (κ3) is 3.60. The van der Waals surface area contributed by atoms with E-state index in [1.165, 1.54) is 6.42 Å². The number of nitrogens with zero attached hydrogens (tertiary/aromatic N) is 1. The van der Waals surface area contributed by atoms with Crippen LogP contribution >= 0.6 is 0 Å². The zero-order valence-electron chi connectivity index (χ0n) is 11.3. The van der Waals surface area contributed by atoms with Crippen LogP contribution in [0.3, 0.4) is 0 Å². The molecule has 0 radical (unpaired) electrons. The average Bonchev–Trinajstić information content (AvgIpc) is 2.80. The molecule has 0 bridgehead atoms. The number of rotatable bonds is 4. The highest BCUT2D eigenvalue weighted by molar-refractivity contribution is 5.77. The van der Waals surface area contributed by atoms with E-state index in [-0.39, 0.29) is 5.91 Å². The summed E-state index contributed by atoms with van der Waals surface area (Å²) in [6, 6.07) is 3.81. The molecule has 0 saturated carbocycles. The van der Waals surface area contributed by atoms with Gasteiger partial charge in [0, 0.05) is 13.1 Å². The van der Waals surface area contributed by atoms with Gasteiger partial charge in [0.15, 0.2) is 12.3 Å². The normalized spacial score (nSPS) is 24.2. The van der Waals surface area contributed by atoms with Crippen molar-refractivity contribution in [2.45, 2.75) is 26.8 Å². The quantitative estimate of drug-likeness (QED) is 0.862. The fourth-order valence-corrected chi connectivity index (χ4v) is 2.76. The second kappa shape index (κ2) is 6.05. The van der Waals surface area contributed by atoms with Gasteiger partial charge in [-0.3, -0.25) is 4.79 Å². The molecule has 2 atom stereocenters. The van der Waals surface area contributed by atoms with Crippen LogP contribution in [0, 0.1) is 11.8 Å². The maximum absolute atomic E-state index is 12.1. The van der Waals surface area contributed by atoms with Gasteiger partial charge in [0.1, 0.15) is 6.54 Å². The van der Waals surface area contributed by atoms with Gasteiger partial charge in [0.2, 0.25) is 0 Å². The van der Waals surface area contributed by atoms with Crippen LogP contribution in [0.1, 0.15) is 26.0 Å². The Hall–Kier alpha value is -1.29. The number of carbonyl (C=O) groups excluding carboxylic acids is 1.